The number of carbonyl (C=O) groups excluding carboxylic acids is 2. The van der Waals surface area contributed by atoms with E-state index in [9.17, 15) is 14.0 Å². The lowest BCUT2D eigenvalue weighted by atomic mass is 10.2. The largest absolute Gasteiger partial charge is 0.465 e. The first-order valence-electron chi connectivity index (χ1n) is 6.18. The Bertz CT molecular complexity index is 799. The van der Waals surface area contributed by atoms with Gasteiger partial charge in [-0.2, -0.15) is 0 Å². The van der Waals surface area contributed by atoms with Crippen LogP contribution >= 0.6 is 24.0 Å². The molecule has 4 nitrogen and oxygen atoms in total. The minimum Gasteiger partial charge on any atom is -0.465 e. The predicted octanol–water partition coefficient (Wildman–Crippen LogP) is 3.46. The van der Waals surface area contributed by atoms with Crippen molar-refractivity contribution in [3.05, 3.63) is 64.7 Å². The summed E-state index contributed by atoms with van der Waals surface area (Å²) in [4.78, 5) is 25.7. The van der Waals surface area contributed by atoms with Gasteiger partial charge in [0, 0.05) is 6.08 Å². The van der Waals surface area contributed by atoms with Crippen molar-refractivity contribution in [3.8, 4) is 0 Å². The van der Waals surface area contributed by atoms with Crippen LogP contribution in [0.1, 0.15) is 16.1 Å². The molecule has 1 aromatic heterocycles. The summed E-state index contributed by atoms with van der Waals surface area (Å²) in [6.07, 6.45) is 2.96. The molecule has 2 heterocycles. The van der Waals surface area contributed by atoms with E-state index in [-0.39, 0.29) is 14.8 Å². The van der Waals surface area contributed by atoms with Crippen LogP contribution in [0.4, 0.5) is 4.39 Å². The minimum atomic E-state index is -0.775. The number of halogens is 1. The molecule has 22 heavy (non-hydrogen) atoms. The molecule has 2 aromatic rings. The first-order valence-corrected chi connectivity index (χ1v) is 7.41. The van der Waals surface area contributed by atoms with Gasteiger partial charge in [0.25, 0.3) is 11.8 Å². The summed E-state index contributed by atoms with van der Waals surface area (Å²) < 4.78 is 18.9. The van der Waals surface area contributed by atoms with Crippen molar-refractivity contribution in [2.24, 2.45) is 0 Å². The third-order valence-electron chi connectivity index (χ3n) is 2.92. The monoisotopic (exact) mass is 333 g/mol. The second-order valence-electron chi connectivity index (χ2n) is 4.32. The van der Waals surface area contributed by atoms with Crippen molar-refractivity contribution in [2.45, 2.75) is 0 Å². The summed E-state index contributed by atoms with van der Waals surface area (Å²) in [5, 5.41) is 0. The van der Waals surface area contributed by atoms with Crippen LogP contribution in [0.2, 0.25) is 0 Å². The molecule has 0 bridgehead atoms. The van der Waals surface area contributed by atoms with Crippen LogP contribution in [0.5, 0.6) is 0 Å². The van der Waals surface area contributed by atoms with Gasteiger partial charge in [0.1, 0.15) is 11.6 Å². The Morgan fingerprint density at radius 2 is 2.05 bits per heavy atom. The molecule has 0 radical (unpaired) electrons. The van der Waals surface area contributed by atoms with Crippen molar-refractivity contribution in [3.63, 3.8) is 0 Å². The molecule has 1 fully saturated rings. The van der Waals surface area contributed by atoms with Crippen LogP contribution in [-0.2, 0) is 4.79 Å². The highest BCUT2D eigenvalue weighted by Gasteiger charge is 2.38. The van der Waals surface area contributed by atoms with Gasteiger partial charge < -0.3 is 4.42 Å². The number of hydrogen-bond donors (Lipinski definition) is 0. The molecule has 2 amide bonds. The zero-order chi connectivity index (χ0) is 15.7. The highest BCUT2D eigenvalue weighted by atomic mass is 32.2. The van der Waals surface area contributed by atoms with Gasteiger partial charge in [-0.1, -0.05) is 36.1 Å². The van der Waals surface area contributed by atoms with E-state index < -0.39 is 17.6 Å². The van der Waals surface area contributed by atoms with Crippen LogP contribution in [0, 0.1) is 5.82 Å². The van der Waals surface area contributed by atoms with Crippen LogP contribution < -0.4 is 0 Å². The second-order valence-corrected chi connectivity index (χ2v) is 5.99. The normalized spacial score (nSPS) is 16.6. The lowest BCUT2D eigenvalue weighted by Crippen LogP contribution is -2.35. The van der Waals surface area contributed by atoms with E-state index in [1.165, 1.54) is 30.5 Å². The zero-order valence-corrected chi connectivity index (χ0v) is 12.6. The summed E-state index contributed by atoms with van der Waals surface area (Å²) in [6, 6.07) is 8.80. The predicted molar refractivity (Wildman–Crippen MR) is 84.5 cm³/mol. The van der Waals surface area contributed by atoms with Crippen molar-refractivity contribution in [2.75, 3.05) is 0 Å². The molecule has 1 aliphatic heterocycles. The van der Waals surface area contributed by atoms with Crippen LogP contribution in [0.15, 0.2) is 52.0 Å². The Morgan fingerprint density at radius 3 is 2.73 bits per heavy atom. The van der Waals surface area contributed by atoms with Gasteiger partial charge in [-0.15, -0.1) is 0 Å². The standard InChI is InChI=1S/C15H8FNO3S2/c16-11-6-2-1-5-10(11)13(18)17-14(19)12(22-15(17)21)8-9-4-3-7-20-9/h1-8H/b12-8+. The SMILES string of the molecule is O=C1/C(=C\c2ccco2)SC(=S)N1C(=O)c1ccccc1F. The van der Waals surface area contributed by atoms with Gasteiger partial charge in [0.15, 0.2) is 4.32 Å². The summed E-state index contributed by atoms with van der Waals surface area (Å²) in [7, 11) is 0. The molecule has 0 saturated carbocycles. The van der Waals surface area contributed by atoms with E-state index in [1.807, 2.05) is 0 Å². The Kier molecular flexibility index (Phi) is 3.91. The Morgan fingerprint density at radius 1 is 1.27 bits per heavy atom. The van der Waals surface area contributed by atoms with E-state index in [2.05, 4.69) is 0 Å². The zero-order valence-electron chi connectivity index (χ0n) is 11.0. The van der Waals surface area contributed by atoms with E-state index in [4.69, 9.17) is 16.6 Å². The van der Waals surface area contributed by atoms with Crippen molar-refractivity contribution < 1.29 is 18.4 Å². The fourth-order valence-corrected chi connectivity index (χ4v) is 3.13. The molecule has 0 atom stereocenters. The van der Waals surface area contributed by atoms with Crippen molar-refractivity contribution in [1.29, 1.82) is 0 Å². The molecule has 1 aliphatic rings. The average Bonchev–Trinajstić information content (AvgIpc) is 3.08. The summed E-state index contributed by atoms with van der Waals surface area (Å²) in [5.74, 6) is -1.58. The molecule has 7 heteroatoms. The number of thiocarbonyl (C=S) groups is 1. The third kappa shape index (κ3) is 2.60. The molecule has 3 rings (SSSR count). The molecule has 0 spiro atoms. The molecular formula is C15H8FNO3S2. The first-order chi connectivity index (χ1) is 10.6. The topological polar surface area (TPSA) is 50.5 Å². The summed E-state index contributed by atoms with van der Waals surface area (Å²) in [5.41, 5.74) is -0.196. The number of furan rings is 1. The summed E-state index contributed by atoms with van der Waals surface area (Å²) in [6.45, 7) is 0. The maximum absolute atomic E-state index is 13.7. The number of imide groups is 1. The number of benzene rings is 1. The fourth-order valence-electron chi connectivity index (χ4n) is 1.90. The average molecular weight is 333 g/mol. The van der Waals surface area contributed by atoms with Crippen LogP contribution in [-0.4, -0.2) is 21.0 Å². The van der Waals surface area contributed by atoms with E-state index in [0.717, 1.165) is 22.7 Å². The van der Waals surface area contributed by atoms with Crippen molar-refractivity contribution >= 4 is 46.2 Å². The Labute approximate surface area is 134 Å². The van der Waals surface area contributed by atoms with E-state index in [0.29, 0.717) is 5.76 Å². The maximum Gasteiger partial charge on any atom is 0.273 e. The molecule has 0 unspecified atom stereocenters. The molecule has 0 N–H and O–H groups in total. The van der Waals surface area contributed by atoms with Gasteiger partial charge >= 0.3 is 0 Å². The fraction of sp³-hybridized carbons (Fsp3) is 0. The van der Waals surface area contributed by atoms with Crippen molar-refractivity contribution in [1.82, 2.24) is 4.90 Å². The quantitative estimate of drug-likeness (QED) is 0.478. The van der Waals surface area contributed by atoms with Gasteiger partial charge in [-0.05, 0) is 24.3 Å². The number of amides is 2. The lowest BCUT2D eigenvalue weighted by molar-refractivity contribution is -0.120. The highest BCUT2D eigenvalue weighted by Crippen LogP contribution is 2.33. The summed E-state index contributed by atoms with van der Waals surface area (Å²) >= 11 is 6.04. The van der Waals surface area contributed by atoms with Gasteiger partial charge in [-0.3, -0.25) is 9.59 Å². The van der Waals surface area contributed by atoms with E-state index in [1.54, 1.807) is 12.1 Å². The van der Waals surface area contributed by atoms with Crippen LogP contribution in [0.3, 0.4) is 0 Å². The molecular weight excluding hydrogens is 325 g/mol. The Hall–Kier alpha value is -2.25. The van der Waals surface area contributed by atoms with E-state index >= 15 is 0 Å². The molecule has 110 valence electrons. The molecule has 1 aromatic carbocycles. The Balaban J connectivity index is 1.92. The number of hydrogen-bond acceptors (Lipinski definition) is 5. The van der Waals surface area contributed by atoms with Gasteiger partial charge in [0.2, 0.25) is 0 Å². The van der Waals surface area contributed by atoms with Gasteiger partial charge in [0.05, 0.1) is 16.7 Å². The lowest BCUT2D eigenvalue weighted by Gasteiger charge is -2.12. The number of rotatable bonds is 2. The number of nitrogens with zero attached hydrogens (tertiary/aromatic N) is 1. The number of thioether (sulfide) groups is 1. The second kappa shape index (κ2) is 5.86. The smallest absolute Gasteiger partial charge is 0.273 e. The van der Waals surface area contributed by atoms with Crippen LogP contribution in [0.25, 0.3) is 6.08 Å². The maximum atomic E-state index is 13.7. The van der Waals surface area contributed by atoms with Gasteiger partial charge in [-0.25, -0.2) is 9.29 Å². The number of carbonyl (C=O) groups is 2. The highest BCUT2D eigenvalue weighted by molar-refractivity contribution is 8.26. The molecule has 1 saturated heterocycles. The molecule has 0 aliphatic carbocycles. The third-order valence-corrected chi connectivity index (χ3v) is 4.22. The minimum absolute atomic E-state index is 0.0658. The first kappa shape index (κ1) is 14.7.